The van der Waals surface area contributed by atoms with E-state index in [2.05, 4.69) is 21.2 Å². The van der Waals surface area contributed by atoms with Crippen molar-refractivity contribution in [3.8, 4) is 0 Å². The number of esters is 1. The third kappa shape index (κ3) is 3.70. The number of halogens is 1. The number of rotatable bonds is 2. The second-order valence-electron chi connectivity index (χ2n) is 3.42. The predicted octanol–water partition coefficient (Wildman–Crippen LogP) is 1.20. The molecule has 1 aliphatic rings. The Morgan fingerprint density at radius 2 is 2.40 bits per heavy atom. The highest BCUT2D eigenvalue weighted by Crippen LogP contribution is 2.17. The number of amides is 1. The average molecular weight is 280 g/mol. The number of cyclic esters (lactones) is 1. The number of carbonyl (C=O) groups is 2. The van der Waals surface area contributed by atoms with Gasteiger partial charge in [-0.05, 0) is 0 Å². The molecule has 1 N–H and O–H groups in total. The largest absolute Gasteiger partial charge is 0.460 e. The summed E-state index contributed by atoms with van der Waals surface area (Å²) in [6.07, 6.45) is -0.303. The highest BCUT2D eigenvalue weighted by Gasteiger charge is 2.32. The van der Waals surface area contributed by atoms with E-state index in [0.717, 1.165) is 0 Å². The summed E-state index contributed by atoms with van der Waals surface area (Å²) in [6.45, 7) is 3.50. The van der Waals surface area contributed by atoms with Crippen molar-refractivity contribution in [2.24, 2.45) is 0 Å². The van der Waals surface area contributed by atoms with Crippen LogP contribution in [0.15, 0.2) is 0 Å². The van der Waals surface area contributed by atoms with Crippen LogP contribution in [-0.2, 0) is 14.3 Å². The summed E-state index contributed by atoms with van der Waals surface area (Å²) in [6, 6.07) is -0.260. The first-order valence-electron chi connectivity index (χ1n) is 4.75. The van der Waals surface area contributed by atoms with Crippen LogP contribution in [0.25, 0.3) is 0 Å². The molecule has 15 heavy (non-hydrogen) atoms. The number of hydrogen-bond donors (Lipinski definition) is 1. The van der Waals surface area contributed by atoms with Crippen LogP contribution in [0.3, 0.4) is 0 Å². The lowest BCUT2D eigenvalue weighted by Gasteiger charge is -2.25. The van der Waals surface area contributed by atoms with Gasteiger partial charge in [0.1, 0.15) is 6.10 Å². The van der Waals surface area contributed by atoms with E-state index >= 15 is 0 Å². The molecule has 0 bridgehead atoms. The zero-order chi connectivity index (χ0) is 11.4. The number of ether oxygens (including phenoxy) is 2. The van der Waals surface area contributed by atoms with E-state index in [0.29, 0.717) is 6.42 Å². The lowest BCUT2D eigenvalue weighted by molar-refractivity contribution is -0.147. The van der Waals surface area contributed by atoms with Crippen LogP contribution in [0.5, 0.6) is 0 Å². The minimum absolute atomic E-state index is 0.00694. The van der Waals surface area contributed by atoms with Gasteiger partial charge < -0.3 is 14.8 Å². The smallest absolute Gasteiger partial charge is 0.407 e. The molecule has 5 nitrogen and oxygen atoms in total. The first-order chi connectivity index (χ1) is 7.00. The number of hydrogen-bond acceptors (Lipinski definition) is 4. The van der Waals surface area contributed by atoms with Crippen LogP contribution in [-0.4, -0.2) is 35.6 Å². The zero-order valence-corrected chi connectivity index (χ0v) is 10.2. The maximum atomic E-state index is 11.1. The van der Waals surface area contributed by atoms with Crippen molar-refractivity contribution in [3.63, 3.8) is 0 Å². The minimum Gasteiger partial charge on any atom is -0.460 e. The summed E-state index contributed by atoms with van der Waals surface area (Å²) in [7, 11) is 0. The van der Waals surface area contributed by atoms with E-state index in [4.69, 9.17) is 9.47 Å². The van der Waals surface area contributed by atoms with E-state index in [1.54, 1.807) is 0 Å². The molecule has 1 heterocycles. The van der Waals surface area contributed by atoms with Crippen molar-refractivity contribution in [2.45, 2.75) is 37.2 Å². The number of nitrogens with one attached hydrogen (secondary N) is 1. The molecule has 1 aliphatic heterocycles. The highest BCUT2D eigenvalue weighted by molar-refractivity contribution is 9.09. The molecular weight excluding hydrogens is 266 g/mol. The third-order valence-corrected chi connectivity index (χ3v) is 2.70. The molecule has 0 aromatic carbocycles. The molecule has 0 unspecified atom stereocenters. The molecule has 0 radical (unpaired) electrons. The Labute approximate surface area is 96.6 Å². The normalized spacial score (nSPS) is 28.3. The van der Waals surface area contributed by atoms with E-state index < -0.39 is 6.09 Å². The molecule has 1 rings (SSSR count). The summed E-state index contributed by atoms with van der Waals surface area (Å²) in [5.74, 6) is -0.353. The van der Waals surface area contributed by atoms with Crippen LogP contribution in [0.1, 0.15) is 20.3 Å². The molecule has 6 heteroatoms. The lowest BCUT2D eigenvalue weighted by Crippen LogP contribution is -2.47. The second-order valence-corrected chi connectivity index (χ2v) is 4.86. The maximum Gasteiger partial charge on any atom is 0.407 e. The Bertz CT molecular complexity index is 256. The second kappa shape index (κ2) is 5.34. The van der Waals surface area contributed by atoms with Gasteiger partial charge in [0.15, 0.2) is 0 Å². The molecule has 1 saturated heterocycles. The molecule has 86 valence electrons. The maximum absolute atomic E-state index is 11.1. The molecule has 0 aliphatic carbocycles. The molecule has 1 fully saturated rings. The van der Waals surface area contributed by atoms with E-state index in [-0.39, 0.29) is 29.5 Å². The Balaban J connectivity index is 2.70. The van der Waals surface area contributed by atoms with Gasteiger partial charge in [-0.25, -0.2) is 4.79 Å². The van der Waals surface area contributed by atoms with Crippen LogP contribution in [0.4, 0.5) is 4.79 Å². The Hall–Kier alpha value is -0.780. The van der Waals surface area contributed by atoms with Crippen molar-refractivity contribution < 1.29 is 19.1 Å². The van der Waals surface area contributed by atoms with Crippen molar-refractivity contribution in [2.75, 3.05) is 6.61 Å². The lowest BCUT2D eigenvalue weighted by atomic mass is 10.1. The van der Waals surface area contributed by atoms with Crippen molar-refractivity contribution >= 4 is 28.0 Å². The first-order valence-corrected chi connectivity index (χ1v) is 5.67. The standard InChI is InChI=1S/C9H14BrNO4/c1-5(10)8-7(15-6(2)12)3-4-14-9(13)11-8/h5,7-8H,3-4H2,1-2H3,(H,11,13)/t5-,7+,8+/m0/s1. The zero-order valence-electron chi connectivity index (χ0n) is 8.66. The topological polar surface area (TPSA) is 64.6 Å². The van der Waals surface area contributed by atoms with Crippen LogP contribution >= 0.6 is 15.9 Å². The molecule has 0 saturated carbocycles. The fraction of sp³-hybridized carbons (Fsp3) is 0.778. The Morgan fingerprint density at radius 1 is 1.73 bits per heavy atom. The summed E-state index contributed by atoms with van der Waals surface area (Å²) in [5.41, 5.74) is 0. The summed E-state index contributed by atoms with van der Waals surface area (Å²) in [5, 5.41) is 2.65. The van der Waals surface area contributed by atoms with Gasteiger partial charge in [-0.1, -0.05) is 22.9 Å². The van der Waals surface area contributed by atoms with Gasteiger partial charge in [-0.15, -0.1) is 0 Å². The Morgan fingerprint density at radius 3 is 2.93 bits per heavy atom. The summed E-state index contributed by atoms with van der Waals surface area (Å²) < 4.78 is 9.96. The van der Waals surface area contributed by atoms with Crippen molar-refractivity contribution in [1.82, 2.24) is 5.32 Å². The van der Waals surface area contributed by atoms with E-state index in [1.165, 1.54) is 6.92 Å². The molecule has 0 spiro atoms. The van der Waals surface area contributed by atoms with Crippen LogP contribution < -0.4 is 5.32 Å². The molecule has 0 aromatic rings. The monoisotopic (exact) mass is 279 g/mol. The van der Waals surface area contributed by atoms with Gasteiger partial charge in [-0.3, -0.25) is 4.79 Å². The average Bonchev–Trinajstić information content (AvgIpc) is 2.27. The van der Waals surface area contributed by atoms with Gasteiger partial charge in [0.2, 0.25) is 0 Å². The van der Waals surface area contributed by atoms with Gasteiger partial charge in [-0.2, -0.15) is 0 Å². The van der Waals surface area contributed by atoms with Gasteiger partial charge >= 0.3 is 12.1 Å². The van der Waals surface area contributed by atoms with Crippen molar-refractivity contribution in [3.05, 3.63) is 0 Å². The first kappa shape index (κ1) is 12.3. The van der Waals surface area contributed by atoms with Crippen LogP contribution in [0, 0.1) is 0 Å². The third-order valence-electron chi connectivity index (χ3n) is 2.13. The molecule has 1 amide bonds. The van der Waals surface area contributed by atoms with Crippen molar-refractivity contribution in [1.29, 1.82) is 0 Å². The van der Waals surface area contributed by atoms with Gasteiger partial charge in [0.25, 0.3) is 0 Å². The number of alkyl halides is 1. The van der Waals surface area contributed by atoms with Crippen LogP contribution in [0.2, 0.25) is 0 Å². The fourth-order valence-electron chi connectivity index (χ4n) is 1.47. The SMILES string of the molecule is CC(=O)O[C@@H]1CCOC(=O)N[C@@H]1[C@H](C)Br. The molecule has 0 aromatic heterocycles. The summed E-state index contributed by atoms with van der Waals surface area (Å²) >= 11 is 3.37. The number of alkyl carbamates (subject to hydrolysis) is 1. The molecule has 3 atom stereocenters. The van der Waals surface area contributed by atoms with E-state index in [9.17, 15) is 9.59 Å². The minimum atomic E-state index is -0.471. The quantitative estimate of drug-likeness (QED) is 0.609. The predicted molar refractivity (Wildman–Crippen MR) is 56.8 cm³/mol. The van der Waals surface area contributed by atoms with Gasteiger partial charge in [0.05, 0.1) is 12.6 Å². The summed E-state index contributed by atoms with van der Waals surface area (Å²) in [4.78, 5) is 22.0. The van der Waals surface area contributed by atoms with Gasteiger partial charge in [0, 0.05) is 18.2 Å². The Kier molecular flexibility index (Phi) is 4.38. The fourth-order valence-corrected chi connectivity index (χ4v) is 1.95. The molecular formula is C9H14BrNO4. The van der Waals surface area contributed by atoms with E-state index in [1.807, 2.05) is 6.92 Å². The highest BCUT2D eigenvalue weighted by atomic mass is 79.9. The number of carbonyl (C=O) groups excluding carboxylic acids is 2.